The second-order valence-corrected chi connectivity index (χ2v) is 13.1. The predicted molar refractivity (Wildman–Crippen MR) is 187 cm³/mol. The van der Waals surface area contributed by atoms with Gasteiger partial charge in [0.1, 0.15) is 23.6 Å². The Morgan fingerprint density at radius 3 is 2.50 bits per heavy atom. The molecule has 0 bridgehead atoms. The van der Waals surface area contributed by atoms with Crippen LogP contribution >= 0.6 is 0 Å². The molecule has 5 rings (SSSR count). The molecule has 1 aliphatic carbocycles. The molecule has 1 saturated carbocycles. The molecule has 48 heavy (non-hydrogen) atoms. The molecular formula is C35H51N9O4. The molecule has 2 aromatic heterocycles. The number of ether oxygens (including phenoxy) is 3. The van der Waals surface area contributed by atoms with Gasteiger partial charge in [0.15, 0.2) is 0 Å². The van der Waals surface area contributed by atoms with Crippen molar-refractivity contribution in [1.29, 1.82) is 5.26 Å². The fraction of sp³-hybridized carbons (Fsp3) is 0.571. The minimum atomic E-state index is -0.828. The number of morpholine rings is 1. The Labute approximate surface area is 283 Å². The molecule has 1 aromatic carbocycles. The monoisotopic (exact) mass is 661 g/mol. The van der Waals surface area contributed by atoms with Gasteiger partial charge >= 0.3 is 0 Å². The SMILES string of the molecule is CC1CNCC(C)O1.C[C@@H](CN=CN)Oc1cc(-c2cnc(Nc3cn(C4CCCCC4)nc3OCCC(C)(C)O)nc2)ccc1C#N. The van der Waals surface area contributed by atoms with Gasteiger partial charge in [0.05, 0.1) is 55.1 Å². The van der Waals surface area contributed by atoms with Crippen molar-refractivity contribution < 1.29 is 19.3 Å². The van der Waals surface area contributed by atoms with Crippen molar-refractivity contribution in [3.8, 4) is 28.8 Å². The van der Waals surface area contributed by atoms with Crippen LogP contribution in [0.15, 0.2) is 41.8 Å². The third kappa shape index (κ3) is 11.5. The second-order valence-electron chi connectivity index (χ2n) is 13.1. The quantitative estimate of drug-likeness (QED) is 0.149. The van der Waals surface area contributed by atoms with Gasteiger partial charge in [-0.3, -0.25) is 9.67 Å². The van der Waals surface area contributed by atoms with E-state index in [-0.39, 0.29) is 6.10 Å². The van der Waals surface area contributed by atoms with Gasteiger partial charge in [0.2, 0.25) is 5.95 Å². The number of anilines is 2. The lowest BCUT2D eigenvalue weighted by atomic mass is 9.96. The van der Waals surface area contributed by atoms with Crippen LogP contribution < -0.4 is 25.8 Å². The molecule has 0 amide bonds. The highest BCUT2D eigenvalue weighted by Crippen LogP contribution is 2.33. The van der Waals surface area contributed by atoms with Crippen molar-refractivity contribution in [2.45, 2.75) is 103 Å². The van der Waals surface area contributed by atoms with E-state index < -0.39 is 5.60 Å². The number of nitrogens with zero attached hydrogens (tertiary/aromatic N) is 6. The first kappa shape index (κ1) is 36.6. The Bertz CT molecular complexity index is 1480. The summed E-state index contributed by atoms with van der Waals surface area (Å²) in [5.41, 5.74) is 7.19. The van der Waals surface area contributed by atoms with Gasteiger partial charge in [-0.25, -0.2) is 9.97 Å². The third-order valence-electron chi connectivity index (χ3n) is 8.06. The zero-order chi connectivity index (χ0) is 34.5. The predicted octanol–water partition coefficient (Wildman–Crippen LogP) is 5.14. The van der Waals surface area contributed by atoms with Gasteiger partial charge < -0.3 is 35.7 Å². The lowest BCUT2D eigenvalue weighted by Crippen LogP contribution is -2.41. The lowest BCUT2D eigenvalue weighted by molar-refractivity contribution is -0.0166. The highest BCUT2D eigenvalue weighted by molar-refractivity contribution is 5.67. The van der Waals surface area contributed by atoms with Crippen molar-refractivity contribution in [2.75, 3.05) is 31.6 Å². The molecule has 3 aromatic rings. The number of hydrogen-bond acceptors (Lipinski definition) is 11. The smallest absolute Gasteiger partial charge is 0.256 e. The second kappa shape index (κ2) is 17.8. The summed E-state index contributed by atoms with van der Waals surface area (Å²) >= 11 is 0. The first-order valence-electron chi connectivity index (χ1n) is 16.9. The maximum absolute atomic E-state index is 10.1. The number of benzene rings is 1. The number of aliphatic hydroxyl groups is 1. The number of nitriles is 1. The fourth-order valence-corrected chi connectivity index (χ4v) is 5.50. The maximum atomic E-state index is 10.1. The Hall–Kier alpha value is -4.25. The fourth-order valence-electron chi connectivity index (χ4n) is 5.50. The molecular weight excluding hydrogens is 610 g/mol. The zero-order valence-electron chi connectivity index (χ0n) is 28.9. The zero-order valence-corrected chi connectivity index (χ0v) is 28.9. The number of aromatic nitrogens is 4. The Balaban J connectivity index is 0.000000569. The highest BCUT2D eigenvalue weighted by atomic mass is 16.5. The maximum Gasteiger partial charge on any atom is 0.256 e. The summed E-state index contributed by atoms with van der Waals surface area (Å²) in [6.45, 7) is 12.3. The van der Waals surface area contributed by atoms with Gasteiger partial charge in [0, 0.05) is 37.5 Å². The van der Waals surface area contributed by atoms with Crippen molar-refractivity contribution in [1.82, 2.24) is 25.1 Å². The van der Waals surface area contributed by atoms with E-state index in [1.165, 1.54) is 25.6 Å². The summed E-state index contributed by atoms with van der Waals surface area (Å²) in [5, 5.41) is 30.8. The number of aliphatic imine (C=N–C) groups is 1. The van der Waals surface area contributed by atoms with Crippen molar-refractivity contribution in [3.05, 3.63) is 42.4 Å². The van der Waals surface area contributed by atoms with E-state index in [0.717, 1.165) is 37.1 Å². The van der Waals surface area contributed by atoms with E-state index in [9.17, 15) is 10.4 Å². The first-order chi connectivity index (χ1) is 23.0. The van der Waals surface area contributed by atoms with Crippen LogP contribution in [0.5, 0.6) is 11.6 Å². The summed E-state index contributed by atoms with van der Waals surface area (Å²) in [4.78, 5) is 13.0. The van der Waals surface area contributed by atoms with E-state index >= 15 is 0 Å². The summed E-state index contributed by atoms with van der Waals surface area (Å²) in [6.07, 6.45) is 13.5. The standard InChI is InChI=1S/C29H38N8O3.C6H13NO/c1-20(15-32-19-31)40-26-13-21(9-10-22(26)14-30)23-16-33-28(34-17-23)35-25-18-37(24-7-5-4-6-8-24)36-27(25)39-12-11-29(2,3)38;1-5-3-7-4-6(2)8-5/h9-10,13,16-20,24,38H,4-8,11-12,15H2,1-3H3,(H2,31,32)(H,33,34,35);5-7H,3-4H2,1-2H3/t20-;/m0./s1. The summed E-state index contributed by atoms with van der Waals surface area (Å²) in [5.74, 6) is 1.33. The minimum Gasteiger partial charge on any atom is -0.487 e. The van der Waals surface area contributed by atoms with Crippen LogP contribution in [0.3, 0.4) is 0 Å². The summed E-state index contributed by atoms with van der Waals surface area (Å²) in [7, 11) is 0. The number of nitrogens with two attached hydrogens (primary N) is 1. The van der Waals surface area contributed by atoms with E-state index in [0.29, 0.717) is 66.7 Å². The van der Waals surface area contributed by atoms with E-state index in [1.807, 2.05) is 23.9 Å². The largest absolute Gasteiger partial charge is 0.487 e. The molecule has 1 aliphatic heterocycles. The molecule has 5 N–H and O–H groups in total. The molecule has 2 fully saturated rings. The third-order valence-corrected chi connectivity index (χ3v) is 8.06. The molecule has 2 aliphatic rings. The van der Waals surface area contributed by atoms with E-state index in [2.05, 4.69) is 45.5 Å². The summed E-state index contributed by atoms with van der Waals surface area (Å²) < 4.78 is 19.3. The molecule has 0 radical (unpaired) electrons. The van der Waals surface area contributed by atoms with Crippen LogP contribution in [0.25, 0.3) is 11.1 Å². The van der Waals surface area contributed by atoms with E-state index in [4.69, 9.17) is 25.0 Å². The molecule has 0 spiro atoms. The van der Waals surface area contributed by atoms with Gasteiger partial charge in [0.25, 0.3) is 5.88 Å². The lowest BCUT2D eigenvalue weighted by Gasteiger charge is -2.25. The number of hydrogen-bond donors (Lipinski definition) is 4. The van der Waals surface area contributed by atoms with Crippen LogP contribution in [-0.2, 0) is 4.74 Å². The van der Waals surface area contributed by atoms with Crippen LogP contribution in [-0.4, -0.2) is 81.3 Å². The van der Waals surface area contributed by atoms with Gasteiger partial charge in [-0.05, 0) is 65.2 Å². The van der Waals surface area contributed by atoms with E-state index in [1.54, 1.807) is 38.4 Å². The molecule has 1 saturated heterocycles. The van der Waals surface area contributed by atoms with Crippen molar-refractivity contribution in [2.24, 2.45) is 10.7 Å². The molecule has 13 heteroatoms. The molecule has 3 heterocycles. The average Bonchev–Trinajstić information content (AvgIpc) is 3.46. The molecule has 3 atom stereocenters. The van der Waals surface area contributed by atoms with Gasteiger partial charge in [-0.15, -0.1) is 5.10 Å². The Morgan fingerprint density at radius 2 is 1.90 bits per heavy atom. The highest BCUT2D eigenvalue weighted by Gasteiger charge is 2.21. The Morgan fingerprint density at radius 1 is 1.19 bits per heavy atom. The van der Waals surface area contributed by atoms with Crippen LogP contribution in [0, 0.1) is 11.3 Å². The number of nitrogens with one attached hydrogen (secondary N) is 2. The molecule has 260 valence electrons. The average molecular weight is 662 g/mol. The first-order valence-corrected chi connectivity index (χ1v) is 16.9. The van der Waals surface area contributed by atoms with Gasteiger partial charge in [-0.1, -0.05) is 25.3 Å². The van der Waals surface area contributed by atoms with Crippen molar-refractivity contribution >= 4 is 18.0 Å². The van der Waals surface area contributed by atoms with Crippen LogP contribution in [0.2, 0.25) is 0 Å². The van der Waals surface area contributed by atoms with Gasteiger partial charge in [-0.2, -0.15) is 5.26 Å². The van der Waals surface area contributed by atoms with Crippen LogP contribution in [0.1, 0.15) is 84.7 Å². The number of rotatable bonds is 12. The topological polar surface area (TPSA) is 178 Å². The van der Waals surface area contributed by atoms with Crippen molar-refractivity contribution in [3.63, 3.8) is 0 Å². The molecule has 2 unspecified atom stereocenters. The minimum absolute atomic E-state index is 0.251. The summed E-state index contributed by atoms with van der Waals surface area (Å²) in [6, 6.07) is 7.85. The Kier molecular flexibility index (Phi) is 13.5. The molecule has 13 nitrogen and oxygen atoms in total. The van der Waals surface area contributed by atoms with Crippen LogP contribution in [0.4, 0.5) is 11.6 Å². The normalized spacial score (nSPS) is 19.2.